The highest BCUT2D eigenvalue weighted by Crippen LogP contribution is 2.15. The highest BCUT2D eigenvalue weighted by molar-refractivity contribution is 5.27. The van der Waals surface area contributed by atoms with Crippen molar-refractivity contribution >= 4 is 0 Å². The third-order valence-electron chi connectivity index (χ3n) is 4.12. The summed E-state index contributed by atoms with van der Waals surface area (Å²) in [5, 5.41) is 13.7. The molecular formula is C17H29NO2. The Labute approximate surface area is 123 Å². The molecule has 0 aliphatic carbocycles. The molecule has 0 aromatic heterocycles. The molecule has 114 valence electrons. The lowest BCUT2D eigenvalue weighted by Crippen LogP contribution is -2.43. The first-order chi connectivity index (χ1) is 9.53. The van der Waals surface area contributed by atoms with Crippen molar-refractivity contribution in [3.63, 3.8) is 0 Å². The Balaban J connectivity index is 2.33. The third kappa shape index (κ3) is 5.51. The Kier molecular flexibility index (Phi) is 7.03. The number of hydrogen-bond acceptors (Lipinski definition) is 3. The first-order valence-corrected chi connectivity index (χ1v) is 7.61. The van der Waals surface area contributed by atoms with Crippen molar-refractivity contribution in [1.82, 2.24) is 5.32 Å². The summed E-state index contributed by atoms with van der Waals surface area (Å²) in [5.74, 6) is 0.899. The maximum absolute atomic E-state index is 10.2. The Morgan fingerprint density at radius 2 is 1.80 bits per heavy atom. The lowest BCUT2D eigenvalue weighted by atomic mass is 9.97. The molecule has 0 aliphatic heterocycles. The molecule has 1 unspecified atom stereocenters. The zero-order valence-electron chi connectivity index (χ0n) is 13.3. The van der Waals surface area contributed by atoms with Crippen LogP contribution < -0.4 is 10.1 Å². The van der Waals surface area contributed by atoms with Gasteiger partial charge in [-0.25, -0.2) is 0 Å². The summed E-state index contributed by atoms with van der Waals surface area (Å²) < 4.78 is 5.16. The van der Waals surface area contributed by atoms with E-state index in [0.717, 1.165) is 31.4 Å². The molecule has 0 amide bonds. The van der Waals surface area contributed by atoms with Gasteiger partial charge in [0.05, 0.1) is 12.7 Å². The number of rotatable bonds is 9. The Bertz CT molecular complexity index is 371. The number of aliphatic hydroxyl groups is 1. The monoisotopic (exact) mass is 279 g/mol. The fraction of sp³-hybridized carbons (Fsp3) is 0.647. The number of methoxy groups -OCH3 is 1. The molecule has 20 heavy (non-hydrogen) atoms. The van der Waals surface area contributed by atoms with Gasteiger partial charge in [-0.05, 0) is 50.3 Å². The van der Waals surface area contributed by atoms with E-state index in [1.54, 1.807) is 7.11 Å². The van der Waals surface area contributed by atoms with Crippen LogP contribution in [0.1, 0.15) is 45.6 Å². The van der Waals surface area contributed by atoms with Crippen molar-refractivity contribution in [1.29, 1.82) is 0 Å². The van der Waals surface area contributed by atoms with Crippen molar-refractivity contribution in [2.75, 3.05) is 13.7 Å². The van der Waals surface area contributed by atoms with Gasteiger partial charge in [-0.15, -0.1) is 0 Å². The van der Waals surface area contributed by atoms with Gasteiger partial charge in [-0.1, -0.05) is 26.0 Å². The minimum Gasteiger partial charge on any atom is -0.497 e. The van der Waals surface area contributed by atoms with Crippen LogP contribution in [0.25, 0.3) is 0 Å². The van der Waals surface area contributed by atoms with Gasteiger partial charge in [0.25, 0.3) is 0 Å². The Hall–Kier alpha value is -1.06. The summed E-state index contributed by atoms with van der Waals surface area (Å²) in [7, 11) is 1.68. The molecule has 1 atom stereocenters. The molecule has 0 radical (unpaired) electrons. The van der Waals surface area contributed by atoms with Gasteiger partial charge in [0, 0.05) is 12.6 Å². The normalized spacial score (nSPS) is 13.2. The number of ether oxygens (including phenoxy) is 1. The number of aryl methyl sites for hydroxylation is 1. The van der Waals surface area contributed by atoms with E-state index in [1.165, 1.54) is 5.56 Å². The molecule has 0 spiro atoms. The van der Waals surface area contributed by atoms with Gasteiger partial charge in [0.2, 0.25) is 0 Å². The average molecular weight is 279 g/mol. The van der Waals surface area contributed by atoms with E-state index < -0.39 is 5.60 Å². The van der Waals surface area contributed by atoms with Crippen molar-refractivity contribution in [3.05, 3.63) is 29.8 Å². The summed E-state index contributed by atoms with van der Waals surface area (Å²) in [4.78, 5) is 0. The van der Waals surface area contributed by atoms with Crippen molar-refractivity contribution in [2.45, 2.75) is 58.1 Å². The second kappa shape index (κ2) is 8.28. The van der Waals surface area contributed by atoms with E-state index in [9.17, 15) is 5.11 Å². The van der Waals surface area contributed by atoms with Gasteiger partial charge in [-0.3, -0.25) is 0 Å². The minimum absolute atomic E-state index is 0.404. The molecule has 0 heterocycles. The fourth-order valence-corrected chi connectivity index (χ4v) is 2.14. The summed E-state index contributed by atoms with van der Waals surface area (Å²) in [6.45, 7) is 6.92. The van der Waals surface area contributed by atoms with Crippen molar-refractivity contribution in [3.8, 4) is 5.75 Å². The van der Waals surface area contributed by atoms with E-state index in [-0.39, 0.29) is 0 Å². The first-order valence-electron chi connectivity index (χ1n) is 7.61. The summed E-state index contributed by atoms with van der Waals surface area (Å²) in [6, 6.07) is 8.63. The van der Waals surface area contributed by atoms with E-state index in [1.807, 2.05) is 26.0 Å². The molecule has 3 nitrogen and oxygen atoms in total. The lowest BCUT2D eigenvalue weighted by Gasteiger charge is -2.27. The zero-order valence-corrected chi connectivity index (χ0v) is 13.3. The molecule has 1 aromatic rings. The molecule has 2 N–H and O–H groups in total. The maximum Gasteiger partial charge on any atom is 0.118 e. The van der Waals surface area contributed by atoms with Gasteiger partial charge in [0.1, 0.15) is 5.75 Å². The summed E-state index contributed by atoms with van der Waals surface area (Å²) >= 11 is 0. The van der Waals surface area contributed by atoms with Crippen LogP contribution in [0.4, 0.5) is 0 Å². The van der Waals surface area contributed by atoms with Gasteiger partial charge in [-0.2, -0.15) is 0 Å². The van der Waals surface area contributed by atoms with Crippen LogP contribution in [0, 0.1) is 0 Å². The molecule has 0 aliphatic rings. The summed E-state index contributed by atoms with van der Waals surface area (Å²) in [6.07, 6.45) is 3.69. The van der Waals surface area contributed by atoms with E-state index in [0.29, 0.717) is 12.6 Å². The molecule has 0 bridgehead atoms. The molecule has 3 heteroatoms. The fourth-order valence-electron chi connectivity index (χ4n) is 2.14. The number of nitrogens with one attached hydrogen (secondary N) is 1. The minimum atomic E-state index is -0.561. The maximum atomic E-state index is 10.2. The number of benzene rings is 1. The van der Waals surface area contributed by atoms with E-state index in [2.05, 4.69) is 24.4 Å². The van der Waals surface area contributed by atoms with Crippen molar-refractivity contribution < 1.29 is 9.84 Å². The predicted octanol–water partition coefficient (Wildman–Crippen LogP) is 3.16. The van der Waals surface area contributed by atoms with Crippen LogP contribution >= 0.6 is 0 Å². The summed E-state index contributed by atoms with van der Waals surface area (Å²) in [5.41, 5.74) is 0.759. The van der Waals surface area contributed by atoms with Gasteiger partial charge >= 0.3 is 0 Å². The van der Waals surface area contributed by atoms with Crippen LogP contribution in [0.2, 0.25) is 0 Å². The molecule has 0 saturated heterocycles. The van der Waals surface area contributed by atoms with Crippen LogP contribution in [0.3, 0.4) is 0 Å². The quantitative estimate of drug-likeness (QED) is 0.729. The zero-order chi connectivity index (χ0) is 15.0. The van der Waals surface area contributed by atoms with Crippen LogP contribution in [-0.2, 0) is 6.42 Å². The Morgan fingerprint density at radius 3 is 2.30 bits per heavy atom. The van der Waals surface area contributed by atoms with Crippen LogP contribution in [0.15, 0.2) is 24.3 Å². The largest absolute Gasteiger partial charge is 0.497 e. The lowest BCUT2D eigenvalue weighted by molar-refractivity contribution is 0.0301. The topological polar surface area (TPSA) is 41.5 Å². The second-order valence-electron chi connectivity index (χ2n) is 5.60. The van der Waals surface area contributed by atoms with Gasteiger partial charge in [0.15, 0.2) is 0 Å². The second-order valence-corrected chi connectivity index (χ2v) is 5.60. The predicted molar refractivity (Wildman–Crippen MR) is 84.3 cm³/mol. The smallest absolute Gasteiger partial charge is 0.118 e. The molecule has 0 fully saturated rings. The van der Waals surface area contributed by atoms with Gasteiger partial charge < -0.3 is 15.2 Å². The van der Waals surface area contributed by atoms with Crippen LogP contribution in [-0.4, -0.2) is 30.4 Å². The van der Waals surface area contributed by atoms with E-state index >= 15 is 0 Å². The highest BCUT2D eigenvalue weighted by atomic mass is 16.5. The van der Waals surface area contributed by atoms with Crippen LogP contribution in [0.5, 0.6) is 5.75 Å². The molecular weight excluding hydrogens is 250 g/mol. The van der Waals surface area contributed by atoms with E-state index in [4.69, 9.17) is 4.74 Å². The molecule has 1 rings (SSSR count). The highest BCUT2D eigenvalue weighted by Gasteiger charge is 2.22. The molecule has 0 saturated carbocycles. The number of hydrogen-bond donors (Lipinski definition) is 2. The first kappa shape index (κ1) is 17.0. The Morgan fingerprint density at radius 1 is 1.20 bits per heavy atom. The standard InChI is InChI=1S/C17H29NO2/c1-5-17(19,6-2)13-18-14(3)7-8-15-9-11-16(20-4)12-10-15/h9-12,14,18-19H,5-8,13H2,1-4H3. The molecule has 1 aromatic carbocycles. The SMILES string of the molecule is CCC(O)(CC)CNC(C)CCc1ccc(OC)cc1. The van der Waals surface area contributed by atoms with Crippen molar-refractivity contribution in [2.24, 2.45) is 0 Å². The average Bonchev–Trinajstić information content (AvgIpc) is 2.51. The third-order valence-corrected chi connectivity index (χ3v) is 4.12.